The van der Waals surface area contributed by atoms with Gasteiger partial charge in [-0.25, -0.2) is 23.7 Å². The summed E-state index contributed by atoms with van der Waals surface area (Å²) >= 11 is 5.62. The maximum atomic E-state index is 14.2. The first-order valence-corrected chi connectivity index (χ1v) is 7.51. The number of nitrogens with zero attached hydrogens (tertiary/aromatic N) is 3. The maximum Gasteiger partial charge on any atom is 0.282 e. The van der Waals surface area contributed by atoms with Crippen LogP contribution >= 0.6 is 11.6 Å². The third-order valence-corrected chi connectivity index (χ3v) is 3.66. The summed E-state index contributed by atoms with van der Waals surface area (Å²) in [5.74, 6) is -1.03. The molecule has 1 aromatic carbocycles. The Hall–Kier alpha value is -2.54. The van der Waals surface area contributed by atoms with E-state index in [1.807, 2.05) is 0 Å². The van der Waals surface area contributed by atoms with E-state index in [2.05, 4.69) is 15.0 Å². The van der Waals surface area contributed by atoms with Crippen LogP contribution in [0, 0.1) is 5.82 Å². The molecule has 0 fully saturated rings. The van der Waals surface area contributed by atoms with E-state index in [0.717, 1.165) is 0 Å². The summed E-state index contributed by atoms with van der Waals surface area (Å²) in [6, 6.07) is 3.84. The van der Waals surface area contributed by atoms with Crippen molar-refractivity contribution in [3.05, 3.63) is 58.4 Å². The van der Waals surface area contributed by atoms with Gasteiger partial charge in [-0.15, -0.1) is 0 Å². The van der Waals surface area contributed by atoms with E-state index in [1.54, 1.807) is 0 Å². The third kappa shape index (κ3) is 3.68. The molecule has 1 aliphatic heterocycles. The number of aromatic nitrogens is 2. The van der Waals surface area contributed by atoms with Crippen molar-refractivity contribution in [3.8, 4) is 0 Å². The highest BCUT2D eigenvalue weighted by Crippen LogP contribution is 2.28. The summed E-state index contributed by atoms with van der Waals surface area (Å²) in [4.78, 5) is 11.7. The molecule has 2 aromatic rings. The highest BCUT2D eigenvalue weighted by molar-refractivity contribution is 6.29. The smallest absolute Gasteiger partial charge is 0.282 e. The Balaban J connectivity index is 1.92. The largest absolute Gasteiger partial charge is 0.465 e. The van der Waals surface area contributed by atoms with Gasteiger partial charge in [0.05, 0.1) is 25.0 Å². The molecule has 24 heavy (non-hydrogen) atoms. The molecular weight excluding hydrogens is 338 g/mol. The van der Waals surface area contributed by atoms with E-state index in [0.29, 0.717) is 24.2 Å². The van der Waals surface area contributed by atoms with Crippen LogP contribution in [0.5, 0.6) is 0 Å². The molecule has 0 bridgehead atoms. The molecule has 2 N–H and O–H groups in total. The standard InChI is InChI=1S/C16H13ClF2N4O/c17-15-8-21-14(7-22-15)12(19)6-9-1-2-11(18)10(5-9)13-3-4-24-16(20)23-13/h1-2,5-8,13H,3-4H2,(H2,20,23)/b12-6-. The second-order valence-corrected chi connectivity index (χ2v) is 5.51. The first-order chi connectivity index (χ1) is 11.5. The lowest BCUT2D eigenvalue weighted by Gasteiger charge is -2.20. The number of amidine groups is 1. The molecular formula is C16H13ClF2N4O. The van der Waals surface area contributed by atoms with Gasteiger partial charge in [-0.1, -0.05) is 17.7 Å². The molecule has 1 unspecified atom stereocenters. The van der Waals surface area contributed by atoms with Crippen molar-refractivity contribution in [2.24, 2.45) is 10.7 Å². The van der Waals surface area contributed by atoms with Crippen molar-refractivity contribution in [2.45, 2.75) is 12.5 Å². The number of ether oxygens (including phenoxy) is 1. The Labute approximate surface area is 141 Å². The number of hydrogen-bond acceptors (Lipinski definition) is 5. The normalized spacial score (nSPS) is 18.0. The lowest BCUT2D eigenvalue weighted by atomic mass is 10.0. The van der Waals surface area contributed by atoms with Gasteiger partial charge < -0.3 is 10.5 Å². The van der Waals surface area contributed by atoms with Crippen molar-refractivity contribution < 1.29 is 13.5 Å². The van der Waals surface area contributed by atoms with Gasteiger partial charge in [0.2, 0.25) is 0 Å². The monoisotopic (exact) mass is 350 g/mol. The van der Waals surface area contributed by atoms with Crippen LogP contribution in [-0.2, 0) is 4.74 Å². The molecule has 3 rings (SSSR count). The van der Waals surface area contributed by atoms with Crippen LogP contribution in [0.25, 0.3) is 11.9 Å². The molecule has 8 heteroatoms. The van der Waals surface area contributed by atoms with E-state index >= 15 is 0 Å². The van der Waals surface area contributed by atoms with Gasteiger partial charge >= 0.3 is 0 Å². The average Bonchev–Trinajstić information content (AvgIpc) is 2.57. The number of halogens is 3. The van der Waals surface area contributed by atoms with Gasteiger partial charge in [0.1, 0.15) is 16.7 Å². The van der Waals surface area contributed by atoms with Crippen LogP contribution in [0.2, 0.25) is 5.15 Å². The van der Waals surface area contributed by atoms with Gasteiger partial charge in [0, 0.05) is 12.0 Å². The second kappa shape index (κ2) is 6.92. The van der Waals surface area contributed by atoms with E-state index in [4.69, 9.17) is 22.1 Å². The lowest BCUT2D eigenvalue weighted by molar-refractivity contribution is 0.255. The minimum atomic E-state index is -0.605. The SMILES string of the molecule is NC1=NC(c2cc(/C=C(\F)c3cnc(Cl)cn3)ccc2F)CCO1. The molecule has 0 amide bonds. The van der Waals surface area contributed by atoms with Crippen LogP contribution in [0.3, 0.4) is 0 Å². The Kier molecular flexibility index (Phi) is 4.71. The predicted molar refractivity (Wildman–Crippen MR) is 87.4 cm³/mol. The first-order valence-electron chi connectivity index (χ1n) is 7.13. The van der Waals surface area contributed by atoms with Crippen LogP contribution in [0.1, 0.15) is 29.3 Å². The first kappa shape index (κ1) is 16.3. The van der Waals surface area contributed by atoms with E-state index in [-0.39, 0.29) is 16.9 Å². The molecule has 0 radical (unpaired) electrons. The van der Waals surface area contributed by atoms with Crippen molar-refractivity contribution >= 4 is 29.5 Å². The molecule has 124 valence electrons. The number of benzene rings is 1. The summed E-state index contributed by atoms with van der Waals surface area (Å²) in [5, 5.41) is 0.172. The van der Waals surface area contributed by atoms with E-state index < -0.39 is 17.7 Å². The highest BCUT2D eigenvalue weighted by Gasteiger charge is 2.20. The van der Waals surface area contributed by atoms with Crippen molar-refractivity contribution in [3.63, 3.8) is 0 Å². The van der Waals surface area contributed by atoms with Gasteiger partial charge in [-0.05, 0) is 23.8 Å². The quantitative estimate of drug-likeness (QED) is 0.919. The van der Waals surface area contributed by atoms with Gasteiger partial charge in [0.15, 0.2) is 5.83 Å². The molecule has 5 nitrogen and oxygen atoms in total. The second-order valence-electron chi connectivity index (χ2n) is 5.12. The molecule has 1 aromatic heterocycles. The molecule has 1 atom stereocenters. The maximum absolute atomic E-state index is 14.2. The van der Waals surface area contributed by atoms with Crippen LogP contribution in [-0.4, -0.2) is 22.6 Å². The molecule has 0 saturated heterocycles. The minimum absolute atomic E-state index is 0.0224. The molecule has 2 heterocycles. The number of aliphatic imine (C=N–C) groups is 1. The zero-order chi connectivity index (χ0) is 17.1. The minimum Gasteiger partial charge on any atom is -0.465 e. The summed E-state index contributed by atoms with van der Waals surface area (Å²) in [6.07, 6.45) is 4.21. The fourth-order valence-electron chi connectivity index (χ4n) is 2.32. The van der Waals surface area contributed by atoms with Crippen molar-refractivity contribution in [1.29, 1.82) is 0 Å². The van der Waals surface area contributed by atoms with Crippen LogP contribution in [0.15, 0.2) is 35.6 Å². The molecule has 0 saturated carbocycles. The topological polar surface area (TPSA) is 73.4 Å². The summed E-state index contributed by atoms with van der Waals surface area (Å²) in [6.45, 7) is 0.355. The van der Waals surface area contributed by atoms with E-state index in [9.17, 15) is 8.78 Å². The fourth-order valence-corrected chi connectivity index (χ4v) is 2.42. The van der Waals surface area contributed by atoms with E-state index in [1.165, 1.54) is 36.7 Å². The van der Waals surface area contributed by atoms with Crippen molar-refractivity contribution in [1.82, 2.24) is 9.97 Å². The summed E-state index contributed by atoms with van der Waals surface area (Å²) < 4.78 is 33.4. The summed E-state index contributed by atoms with van der Waals surface area (Å²) in [5.41, 5.74) is 6.38. The Morgan fingerprint density at radius 3 is 2.88 bits per heavy atom. The molecule has 1 aliphatic rings. The Morgan fingerprint density at radius 1 is 1.33 bits per heavy atom. The zero-order valence-corrected chi connectivity index (χ0v) is 13.2. The Morgan fingerprint density at radius 2 is 2.17 bits per heavy atom. The lowest BCUT2D eigenvalue weighted by Crippen LogP contribution is -2.24. The van der Waals surface area contributed by atoms with Crippen molar-refractivity contribution in [2.75, 3.05) is 6.61 Å². The van der Waals surface area contributed by atoms with Crippen LogP contribution < -0.4 is 5.73 Å². The van der Waals surface area contributed by atoms with Gasteiger partial charge in [-0.3, -0.25) is 0 Å². The number of rotatable bonds is 3. The predicted octanol–water partition coefficient (Wildman–Crippen LogP) is 3.51. The zero-order valence-electron chi connectivity index (χ0n) is 12.4. The van der Waals surface area contributed by atoms with Crippen LogP contribution in [0.4, 0.5) is 8.78 Å². The Bertz CT molecular complexity index is 808. The third-order valence-electron chi connectivity index (χ3n) is 3.46. The molecule has 0 spiro atoms. The average molecular weight is 351 g/mol. The fraction of sp³-hybridized carbons (Fsp3) is 0.188. The molecule has 0 aliphatic carbocycles. The summed E-state index contributed by atoms with van der Waals surface area (Å²) in [7, 11) is 0. The number of nitrogens with two attached hydrogens (primary N) is 1. The number of hydrogen-bond donors (Lipinski definition) is 1. The highest BCUT2D eigenvalue weighted by atomic mass is 35.5. The van der Waals surface area contributed by atoms with Gasteiger partial charge in [-0.2, -0.15) is 0 Å². The van der Waals surface area contributed by atoms with Gasteiger partial charge in [0.25, 0.3) is 6.02 Å².